The van der Waals surface area contributed by atoms with Gasteiger partial charge < -0.3 is 16.4 Å². The summed E-state index contributed by atoms with van der Waals surface area (Å²) in [6.07, 6.45) is 0.0815. The van der Waals surface area contributed by atoms with Crippen molar-refractivity contribution in [1.29, 1.82) is 0 Å². The molecule has 1 atom stereocenters. The Morgan fingerprint density at radius 2 is 1.70 bits per heavy atom. The Hall–Kier alpha value is -3.68. The average Bonchev–Trinajstić information content (AvgIpc) is 3.14. The Balaban J connectivity index is 1.85. The minimum absolute atomic E-state index is 0.0815. The maximum absolute atomic E-state index is 12.7. The highest BCUT2D eigenvalue weighted by Crippen LogP contribution is 2.25. The summed E-state index contributed by atoms with van der Waals surface area (Å²) in [5.74, 6) is -1.38. The van der Waals surface area contributed by atoms with Gasteiger partial charge in [0.2, 0.25) is 5.91 Å². The molecule has 1 aliphatic heterocycles. The van der Waals surface area contributed by atoms with Crippen LogP contribution in [-0.4, -0.2) is 36.5 Å². The summed E-state index contributed by atoms with van der Waals surface area (Å²) in [6.45, 7) is 0. The van der Waals surface area contributed by atoms with Crippen LogP contribution in [-0.2, 0) is 9.59 Å². The Morgan fingerprint density at radius 1 is 1.04 bits per heavy atom. The second kappa shape index (κ2) is 7.69. The van der Waals surface area contributed by atoms with Gasteiger partial charge in [-0.1, -0.05) is 30.3 Å². The van der Waals surface area contributed by atoms with Crippen molar-refractivity contribution in [3.05, 3.63) is 60.2 Å². The first-order chi connectivity index (χ1) is 13.0. The van der Waals surface area contributed by atoms with Gasteiger partial charge in [0.05, 0.1) is 16.9 Å². The van der Waals surface area contributed by atoms with E-state index in [2.05, 4.69) is 15.7 Å². The summed E-state index contributed by atoms with van der Waals surface area (Å²) < 4.78 is 0. The van der Waals surface area contributed by atoms with E-state index in [4.69, 9.17) is 5.73 Å². The van der Waals surface area contributed by atoms with Gasteiger partial charge in [-0.2, -0.15) is 5.10 Å². The monoisotopic (exact) mass is 365 g/mol. The number of nitrogens with zero attached hydrogens (tertiary/aromatic N) is 2. The molecule has 0 radical (unpaired) electrons. The van der Waals surface area contributed by atoms with Crippen molar-refractivity contribution in [2.24, 2.45) is 10.8 Å². The first-order valence-corrected chi connectivity index (χ1v) is 8.34. The van der Waals surface area contributed by atoms with Crippen molar-refractivity contribution in [2.75, 3.05) is 17.4 Å². The van der Waals surface area contributed by atoms with Gasteiger partial charge in [0, 0.05) is 13.5 Å². The number of carbonyl (C=O) groups excluding carboxylic acids is 3. The molecule has 0 fully saturated rings. The molecule has 8 nitrogen and oxygen atoms in total. The standard InChI is InChI=1S/C19H19N5O3/c1-21-18(26)13-9-5-6-10-14(13)22-19(27)15-11-16(17(20)25)24(23-15)12-7-3-2-4-8-12/h2-10,16H,11H2,1H3,(H2,20,25)(H,21,26)(H,22,27). The summed E-state index contributed by atoms with van der Waals surface area (Å²) in [5, 5.41) is 10.9. The van der Waals surface area contributed by atoms with E-state index >= 15 is 0 Å². The van der Waals surface area contributed by atoms with Crippen molar-refractivity contribution in [2.45, 2.75) is 12.5 Å². The molecule has 2 aromatic rings. The number of benzene rings is 2. The molecule has 0 saturated heterocycles. The Kier molecular flexibility index (Phi) is 5.16. The summed E-state index contributed by atoms with van der Waals surface area (Å²) in [7, 11) is 1.51. The minimum atomic E-state index is -0.748. The van der Waals surface area contributed by atoms with Gasteiger partial charge in [0.15, 0.2) is 0 Å². The zero-order valence-corrected chi connectivity index (χ0v) is 14.7. The fourth-order valence-corrected chi connectivity index (χ4v) is 2.81. The molecule has 3 rings (SSSR count). The molecular formula is C19H19N5O3. The molecule has 1 heterocycles. The van der Waals surface area contributed by atoms with Gasteiger partial charge in [0.25, 0.3) is 11.8 Å². The lowest BCUT2D eigenvalue weighted by Gasteiger charge is -2.20. The molecule has 1 aliphatic rings. The molecule has 3 amide bonds. The van der Waals surface area contributed by atoms with Crippen LogP contribution in [0.3, 0.4) is 0 Å². The summed E-state index contributed by atoms with van der Waals surface area (Å²) in [4.78, 5) is 36.4. The largest absolute Gasteiger partial charge is 0.368 e. The van der Waals surface area contributed by atoms with E-state index in [9.17, 15) is 14.4 Å². The quantitative estimate of drug-likeness (QED) is 0.735. The fourth-order valence-electron chi connectivity index (χ4n) is 2.81. The van der Waals surface area contributed by atoms with Crippen LogP contribution >= 0.6 is 0 Å². The summed E-state index contributed by atoms with van der Waals surface area (Å²) >= 11 is 0. The topological polar surface area (TPSA) is 117 Å². The number of carbonyl (C=O) groups is 3. The number of primary amides is 1. The lowest BCUT2D eigenvalue weighted by atomic mass is 10.1. The summed E-state index contributed by atoms with van der Waals surface area (Å²) in [6, 6.07) is 14.9. The molecule has 0 aromatic heterocycles. The van der Waals surface area contributed by atoms with Gasteiger partial charge in [-0.15, -0.1) is 0 Å². The van der Waals surface area contributed by atoms with E-state index < -0.39 is 17.9 Å². The lowest BCUT2D eigenvalue weighted by Crippen LogP contribution is -2.39. The molecule has 0 bridgehead atoms. The zero-order valence-electron chi connectivity index (χ0n) is 14.7. The van der Waals surface area contributed by atoms with E-state index in [0.717, 1.165) is 0 Å². The van der Waals surface area contributed by atoms with Crippen LogP contribution in [0.5, 0.6) is 0 Å². The van der Waals surface area contributed by atoms with Crippen LogP contribution in [0.4, 0.5) is 11.4 Å². The fraction of sp³-hybridized carbons (Fsp3) is 0.158. The molecule has 2 aromatic carbocycles. The summed E-state index contributed by atoms with van der Waals surface area (Å²) in [5.41, 5.74) is 7.00. The lowest BCUT2D eigenvalue weighted by molar-refractivity contribution is -0.119. The number of hydrogen-bond donors (Lipinski definition) is 3. The van der Waals surface area contributed by atoms with Crippen LogP contribution < -0.4 is 21.4 Å². The Morgan fingerprint density at radius 3 is 2.37 bits per heavy atom. The Bertz CT molecular complexity index is 911. The van der Waals surface area contributed by atoms with Crippen molar-refractivity contribution in [3.63, 3.8) is 0 Å². The second-order valence-corrected chi connectivity index (χ2v) is 5.93. The van der Waals surface area contributed by atoms with Gasteiger partial charge >= 0.3 is 0 Å². The van der Waals surface area contributed by atoms with E-state index in [1.54, 1.807) is 48.5 Å². The molecule has 138 valence electrons. The maximum atomic E-state index is 12.7. The Labute approximate surface area is 156 Å². The van der Waals surface area contributed by atoms with Crippen molar-refractivity contribution >= 4 is 34.8 Å². The second-order valence-electron chi connectivity index (χ2n) is 5.93. The maximum Gasteiger partial charge on any atom is 0.271 e. The zero-order chi connectivity index (χ0) is 19.4. The minimum Gasteiger partial charge on any atom is -0.368 e. The molecular weight excluding hydrogens is 346 g/mol. The normalized spacial score (nSPS) is 15.8. The number of para-hydroxylation sites is 2. The number of amides is 3. The first-order valence-electron chi connectivity index (χ1n) is 8.34. The number of hydrogen-bond acceptors (Lipinski definition) is 5. The third-order valence-electron chi connectivity index (χ3n) is 4.17. The van der Waals surface area contributed by atoms with Crippen molar-refractivity contribution < 1.29 is 14.4 Å². The predicted molar refractivity (Wildman–Crippen MR) is 102 cm³/mol. The molecule has 1 unspecified atom stereocenters. The van der Waals surface area contributed by atoms with Gasteiger partial charge in [0.1, 0.15) is 11.8 Å². The van der Waals surface area contributed by atoms with Crippen LogP contribution in [0.25, 0.3) is 0 Å². The predicted octanol–water partition coefficient (Wildman–Crippen LogP) is 1.10. The number of hydrazone groups is 1. The molecule has 0 spiro atoms. The van der Waals surface area contributed by atoms with Gasteiger partial charge in [-0.25, -0.2) is 0 Å². The van der Waals surface area contributed by atoms with Crippen LogP contribution in [0, 0.1) is 0 Å². The van der Waals surface area contributed by atoms with Crippen molar-refractivity contribution in [3.8, 4) is 0 Å². The van der Waals surface area contributed by atoms with Crippen molar-refractivity contribution in [1.82, 2.24) is 5.32 Å². The van der Waals surface area contributed by atoms with E-state index in [1.807, 2.05) is 6.07 Å². The van der Waals surface area contributed by atoms with Gasteiger partial charge in [-0.05, 0) is 24.3 Å². The number of rotatable bonds is 5. The highest BCUT2D eigenvalue weighted by molar-refractivity contribution is 6.44. The van der Waals surface area contributed by atoms with Crippen LogP contribution in [0.2, 0.25) is 0 Å². The smallest absolute Gasteiger partial charge is 0.271 e. The first kappa shape index (κ1) is 18.1. The van der Waals surface area contributed by atoms with Gasteiger partial charge in [-0.3, -0.25) is 19.4 Å². The molecule has 4 N–H and O–H groups in total. The highest BCUT2D eigenvalue weighted by atomic mass is 16.2. The van der Waals surface area contributed by atoms with Crippen LogP contribution in [0.15, 0.2) is 59.7 Å². The molecule has 8 heteroatoms. The molecule has 27 heavy (non-hydrogen) atoms. The molecule has 0 saturated carbocycles. The third kappa shape index (κ3) is 3.79. The number of anilines is 2. The number of nitrogens with one attached hydrogen (secondary N) is 2. The third-order valence-corrected chi connectivity index (χ3v) is 4.17. The SMILES string of the molecule is CNC(=O)c1ccccc1NC(=O)C1=NN(c2ccccc2)C(C(N)=O)C1. The van der Waals surface area contributed by atoms with E-state index in [-0.39, 0.29) is 18.0 Å². The van der Waals surface area contributed by atoms with Crippen LogP contribution in [0.1, 0.15) is 16.8 Å². The number of nitrogens with two attached hydrogens (primary N) is 1. The average molecular weight is 365 g/mol. The molecule has 0 aliphatic carbocycles. The van der Waals surface area contributed by atoms with E-state index in [1.165, 1.54) is 12.1 Å². The highest BCUT2D eigenvalue weighted by Gasteiger charge is 2.35. The van der Waals surface area contributed by atoms with E-state index in [0.29, 0.717) is 16.9 Å².